The molecule has 1 aromatic rings. The summed E-state index contributed by atoms with van der Waals surface area (Å²) in [6, 6.07) is 5.74. The Morgan fingerprint density at radius 3 is 2.93 bits per heavy atom. The molecule has 3 heteroatoms. The molecular formula is C12H16BrNO. The maximum atomic E-state index is 9.39. The zero-order chi connectivity index (χ0) is 10.8. The molecule has 0 bridgehead atoms. The number of likely N-dealkylation sites (tertiary alicyclic amines) is 1. The molecule has 1 aromatic carbocycles. The lowest BCUT2D eigenvalue weighted by molar-refractivity contribution is 0.320. The van der Waals surface area contributed by atoms with E-state index in [9.17, 15) is 5.11 Å². The van der Waals surface area contributed by atoms with Crippen molar-refractivity contribution in [2.45, 2.75) is 19.9 Å². The zero-order valence-electron chi connectivity index (χ0n) is 8.91. The molecule has 1 N–H and O–H groups in total. The van der Waals surface area contributed by atoms with Crippen LogP contribution >= 0.6 is 15.9 Å². The van der Waals surface area contributed by atoms with Crippen LogP contribution in [0.5, 0.6) is 5.75 Å². The number of nitrogens with zero attached hydrogens (tertiary/aromatic N) is 1. The molecule has 1 atom stereocenters. The van der Waals surface area contributed by atoms with Crippen LogP contribution < -0.4 is 0 Å². The lowest BCUT2D eigenvalue weighted by Crippen LogP contribution is -2.19. The first kappa shape index (κ1) is 11.0. The molecule has 15 heavy (non-hydrogen) atoms. The summed E-state index contributed by atoms with van der Waals surface area (Å²) in [6.45, 7) is 5.67. The van der Waals surface area contributed by atoms with Gasteiger partial charge in [0.25, 0.3) is 0 Å². The quantitative estimate of drug-likeness (QED) is 0.893. The molecule has 1 aliphatic heterocycles. The number of phenolic OH excluding ortho intramolecular Hbond substituents is 1. The van der Waals surface area contributed by atoms with Crippen molar-refractivity contribution in [1.82, 2.24) is 4.90 Å². The fourth-order valence-electron chi connectivity index (χ4n) is 2.08. The summed E-state index contributed by atoms with van der Waals surface area (Å²) in [5.41, 5.74) is 1.26. The van der Waals surface area contributed by atoms with Gasteiger partial charge in [-0.1, -0.05) is 13.0 Å². The number of aromatic hydroxyl groups is 1. The third-order valence-corrected chi connectivity index (χ3v) is 3.56. The van der Waals surface area contributed by atoms with E-state index in [1.54, 1.807) is 6.07 Å². The van der Waals surface area contributed by atoms with Crippen LogP contribution in [0, 0.1) is 5.92 Å². The van der Waals surface area contributed by atoms with Crippen LogP contribution in [0.25, 0.3) is 0 Å². The molecule has 0 amide bonds. The minimum Gasteiger partial charge on any atom is -0.507 e. The summed E-state index contributed by atoms with van der Waals surface area (Å²) in [4.78, 5) is 2.46. The Hall–Kier alpha value is -0.540. The fraction of sp³-hybridized carbons (Fsp3) is 0.500. The van der Waals surface area contributed by atoms with Crippen molar-refractivity contribution in [1.29, 1.82) is 0 Å². The maximum absolute atomic E-state index is 9.39. The molecule has 1 heterocycles. The van der Waals surface area contributed by atoms with Crippen LogP contribution in [0.15, 0.2) is 22.7 Å². The maximum Gasteiger partial charge on any atom is 0.129 e. The second-order valence-corrected chi connectivity index (χ2v) is 5.27. The average molecular weight is 270 g/mol. The van der Waals surface area contributed by atoms with Gasteiger partial charge in [-0.05, 0) is 52.5 Å². The lowest BCUT2D eigenvalue weighted by atomic mass is 10.2. The van der Waals surface area contributed by atoms with E-state index in [0.717, 1.165) is 16.9 Å². The highest BCUT2D eigenvalue weighted by Gasteiger charge is 2.18. The molecule has 2 nitrogen and oxygen atoms in total. The summed E-state index contributed by atoms with van der Waals surface area (Å²) in [6.07, 6.45) is 1.30. The molecular weight excluding hydrogens is 254 g/mol. The van der Waals surface area contributed by atoms with Crippen LogP contribution in [-0.2, 0) is 6.54 Å². The molecule has 1 unspecified atom stereocenters. The predicted octanol–water partition coefficient (Wildman–Crippen LogP) is 3.00. The molecule has 0 spiro atoms. The van der Waals surface area contributed by atoms with Crippen LogP contribution in [0.4, 0.5) is 0 Å². The Balaban J connectivity index is 2.02. The van der Waals surface area contributed by atoms with Crippen molar-refractivity contribution in [3.63, 3.8) is 0 Å². The van der Waals surface area contributed by atoms with Crippen molar-refractivity contribution < 1.29 is 5.11 Å². The van der Waals surface area contributed by atoms with E-state index in [-0.39, 0.29) is 0 Å². The molecule has 0 saturated carbocycles. The Bertz CT molecular complexity index is 353. The fourth-order valence-corrected chi connectivity index (χ4v) is 2.50. The first-order chi connectivity index (χ1) is 7.15. The summed E-state index contributed by atoms with van der Waals surface area (Å²) in [7, 11) is 0. The van der Waals surface area contributed by atoms with Crippen LogP contribution in [-0.4, -0.2) is 23.1 Å². The minimum absolute atomic E-state index is 0.313. The van der Waals surface area contributed by atoms with E-state index in [0.29, 0.717) is 5.75 Å². The number of hydrogen-bond acceptors (Lipinski definition) is 2. The van der Waals surface area contributed by atoms with Crippen molar-refractivity contribution in [3.8, 4) is 5.75 Å². The van der Waals surface area contributed by atoms with Crippen molar-refractivity contribution >= 4 is 15.9 Å². The van der Waals surface area contributed by atoms with Gasteiger partial charge in [-0.2, -0.15) is 0 Å². The Morgan fingerprint density at radius 1 is 1.53 bits per heavy atom. The minimum atomic E-state index is 0.313. The predicted molar refractivity (Wildman–Crippen MR) is 64.9 cm³/mol. The number of benzene rings is 1. The number of rotatable bonds is 2. The highest BCUT2D eigenvalue weighted by molar-refractivity contribution is 9.10. The lowest BCUT2D eigenvalue weighted by Gasteiger charge is -2.15. The third-order valence-electron chi connectivity index (χ3n) is 2.93. The SMILES string of the molecule is CC1CCN(Cc2ccc(O)c(Br)c2)C1. The zero-order valence-corrected chi connectivity index (χ0v) is 10.5. The molecule has 0 radical (unpaired) electrons. The largest absolute Gasteiger partial charge is 0.507 e. The number of hydrogen-bond donors (Lipinski definition) is 1. The van der Waals surface area contributed by atoms with E-state index in [4.69, 9.17) is 0 Å². The molecule has 1 aliphatic rings. The topological polar surface area (TPSA) is 23.5 Å². The van der Waals surface area contributed by atoms with Crippen molar-refractivity contribution in [3.05, 3.63) is 28.2 Å². The third kappa shape index (κ3) is 2.73. The number of halogens is 1. The van der Waals surface area contributed by atoms with Gasteiger partial charge in [0.1, 0.15) is 5.75 Å². The van der Waals surface area contributed by atoms with Crippen LogP contribution in [0.1, 0.15) is 18.9 Å². The van der Waals surface area contributed by atoms with Gasteiger partial charge in [-0.25, -0.2) is 0 Å². The molecule has 1 saturated heterocycles. The van der Waals surface area contributed by atoms with E-state index in [2.05, 4.69) is 27.8 Å². The Kier molecular flexibility index (Phi) is 3.32. The van der Waals surface area contributed by atoms with Gasteiger partial charge in [0.05, 0.1) is 4.47 Å². The summed E-state index contributed by atoms with van der Waals surface area (Å²) >= 11 is 3.34. The molecule has 0 aliphatic carbocycles. The molecule has 2 rings (SSSR count). The normalized spacial score (nSPS) is 22.1. The Labute approximate surface area is 99.0 Å². The van der Waals surface area contributed by atoms with E-state index in [1.165, 1.54) is 25.1 Å². The summed E-state index contributed by atoms with van der Waals surface area (Å²) < 4.78 is 0.784. The highest BCUT2D eigenvalue weighted by atomic mass is 79.9. The standard InChI is InChI=1S/C12H16BrNO/c1-9-4-5-14(7-9)8-10-2-3-12(15)11(13)6-10/h2-3,6,9,15H,4-5,7-8H2,1H3. The van der Waals surface area contributed by atoms with Crippen molar-refractivity contribution in [2.24, 2.45) is 5.92 Å². The van der Waals surface area contributed by atoms with Gasteiger partial charge in [-0.3, -0.25) is 4.90 Å². The molecule has 1 fully saturated rings. The van der Waals surface area contributed by atoms with Gasteiger partial charge in [0.15, 0.2) is 0 Å². The summed E-state index contributed by atoms with van der Waals surface area (Å²) in [5.74, 6) is 1.14. The van der Waals surface area contributed by atoms with E-state index < -0.39 is 0 Å². The first-order valence-corrected chi connectivity index (χ1v) is 6.14. The smallest absolute Gasteiger partial charge is 0.129 e. The van der Waals surface area contributed by atoms with E-state index >= 15 is 0 Å². The second kappa shape index (κ2) is 4.54. The van der Waals surface area contributed by atoms with Crippen LogP contribution in [0.2, 0.25) is 0 Å². The van der Waals surface area contributed by atoms with Crippen LogP contribution in [0.3, 0.4) is 0 Å². The van der Waals surface area contributed by atoms with Gasteiger partial charge in [-0.15, -0.1) is 0 Å². The monoisotopic (exact) mass is 269 g/mol. The average Bonchev–Trinajstić information content (AvgIpc) is 2.58. The molecule has 0 aromatic heterocycles. The van der Waals surface area contributed by atoms with Gasteiger partial charge in [0, 0.05) is 13.1 Å². The van der Waals surface area contributed by atoms with E-state index in [1.807, 2.05) is 12.1 Å². The molecule has 82 valence electrons. The highest BCUT2D eigenvalue weighted by Crippen LogP contribution is 2.26. The summed E-state index contributed by atoms with van der Waals surface area (Å²) in [5, 5.41) is 9.39. The Morgan fingerprint density at radius 2 is 2.33 bits per heavy atom. The first-order valence-electron chi connectivity index (χ1n) is 5.35. The second-order valence-electron chi connectivity index (χ2n) is 4.41. The van der Waals surface area contributed by atoms with Gasteiger partial charge < -0.3 is 5.11 Å². The van der Waals surface area contributed by atoms with Gasteiger partial charge >= 0.3 is 0 Å². The van der Waals surface area contributed by atoms with Gasteiger partial charge in [0.2, 0.25) is 0 Å². The van der Waals surface area contributed by atoms with Crippen molar-refractivity contribution in [2.75, 3.05) is 13.1 Å². The number of phenols is 1.